The standard InChI is InChI=1S/C12H19F3N2O4/c1-8(18)16-7-5-3-4-6-9(19)17-11(2,10(20)21)12(13,14)15/h3-7H2,1-2H3,(H,16,18)(H,17,19)(H,20,21). The van der Waals surface area contributed by atoms with Gasteiger partial charge in [-0.2, -0.15) is 13.2 Å². The van der Waals surface area contributed by atoms with Gasteiger partial charge >= 0.3 is 12.1 Å². The number of hydrogen-bond donors (Lipinski definition) is 3. The Hall–Kier alpha value is -1.80. The lowest BCUT2D eigenvalue weighted by molar-refractivity contribution is -0.207. The number of hydrogen-bond acceptors (Lipinski definition) is 3. The first-order valence-corrected chi connectivity index (χ1v) is 6.36. The first-order valence-electron chi connectivity index (χ1n) is 6.36. The number of aliphatic carboxylic acids is 1. The molecule has 1 atom stereocenters. The number of carbonyl (C=O) groups excluding carboxylic acids is 2. The minimum atomic E-state index is -5.08. The number of carboxylic acids is 1. The summed E-state index contributed by atoms with van der Waals surface area (Å²) in [6.45, 7) is 2.19. The molecule has 1 unspecified atom stereocenters. The third-order valence-corrected chi connectivity index (χ3v) is 2.84. The van der Waals surface area contributed by atoms with E-state index in [1.54, 1.807) is 0 Å². The molecule has 6 nitrogen and oxygen atoms in total. The summed E-state index contributed by atoms with van der Waals surface area (Å²) in [5.74, 6) is -3.32. The molecule has 2 amide bonds. The Bertz CT molecular complexity index is 398. The molecule has 21 heavy (non-hydrogen) atoms. The van der Waals surface area contributed by atoms with E-state index in [0.717, 1.165) is 0 Å². The summed E-state index contributed by atoms with van der Waals surface area (Å²) in [5.41, 5.74) is -3.29. The van der Waals surface area contributed by atoms with Gasteiger partial charge in [-0.1, -0.05) is 6.42 Å². The molecule has 0 aliphatic heterocycles. The van der Waals surface area contributed by atoms with Crippen LogP contribution in [0.15, 0.2) is 0 Å². The number of nitrogens with one attached hydrogen (secondary N) is 2. The van der Waals surface area contributed by atoms with Crippen LogP contribution >= 0.6 is 0 Å². The van der Waals surface area contributed by atoms with Crippen molar-refractivity contribution in [1.82, 2.24) is 10.6 Å². The van der Waals surface area contributed by atoms with E-state index in [2.05, 4.69) is 5.32 Å². The molecule has 0 radical (unpaired) electrons. The molecule has 0 aromatic rings. The van der Waals surface area contributed by atoms with Gasteiger partial charge in [0.1, 0.15) is 0 Å². The zero-order valence-corrected chi connectivity index (χ0v) is 11.8. The SMILES string of the molecule is CC(=O)NCCCCCC(=O)NC(C)(C(=O)O)C(F)(F)F. The smallest absolute Gasteiger partial charge is 0.422 e. The van der Waals surface area contributed by atoms with Crippen molar-refractivity contribution in [2.45, 2.75) is 51.2 Å². The van der Waals surface area contributed by atoms with Crippen molar-refractivity contribution >= 4 is 17.8 Å². The number of rotatable bonds is 8. The maximum Gasteiger partial charge on any atom is 0.422 e. The monoisotopic (exact) mass is 312 g/mol. The molecule has 0 aromatic carbocycles. The third-order valence-electron chi connectivity index (χ3n) is 2.84. The third kappa shape index (κ3) is 6.46. The van der Waals surface area contributed by atoms with E-state index in [0.29, 0.717) is 32.7 Å². The van der Waals surface area contributed by atoms with E-state index in [-0.39, 0.29) is 12.3 Å². The number of carboxylic acid groups (broad SMARTS) is 1. The zero-order chi connectivity index (χ0) is 16.7. The van der Waals surface area contributed by atoms with Crippen LogP contribution in [0.5, 0.6) is 0 Å². The van der Waals surface area contributed by atoms with Crippen molar-refractivity contribution < 1.29 is 32.7 Å². The molecule has 0 saturated carbocycles. The minimum Gasteiger partial charge on any atom is -0.479 e. The molecule has 122 valence electrons. The Morgan fingerprint density at radius 1 is 1.10 bits per heavy atom. The van der Waals surface area contributed by atoms with Crippen LogP contribution in [0, 0.1) is 0 Å². The number of alkyl halides is 3. The minimum absolute atomic E-state index is 0.185. The fourth-order valence-electron chi connectivity index (χ4n) is 1.44. The van der Waals surface area contributed by atoms with Crippen LogP contribution in [0.1, 0.15) is 39.5 Å². The van der Waals surface area contributed by atoms with Gasteiger partial charge in [0, 0.05) is 19.9 Å². The van der Waals surface area contributed by atoms with E-state index in [9.17, 15) is 27.6 Å². The largest absolute Gasteiger partial charge is 0.479 e. The molecule has 9 heteroatoms. The number of amides is 2. The van der Waals surface area contributed by atoms with Gasteiger partial charge in [-0.3, -0.25) is 9.59 Å². The van der Waals surface area contributed by atoms with Crippen LogP contribution in [0.2, 0.25) is 0 Å². The molecule has 0 aliphatic carbocycles. The van der Waals surface area contributed by atoms with Crippen molar-refractivity contribution in [3.05, 3.63) is 0 Å². The fourth-order valence-corrected chi connectivity index (χ4v) is 1.44. The topological polar surface area (TPSA) is 95.5 Å². The van der Waals surface area contributed by atoms with Crippen LogP contribution < -0.4 is 10.6 Å². The van der Waals surface area contributed by atoms with Gasteiger partial charge in [0.05, 0.1) is 0 Å². The van der Waals surface area contributed by atoms with Crippen LogP contribution in [0.25, 0.3) is 0 Å². The predicted octanol–water partition coefficient (Wildman–Crippen LogP) is 1.20. The van der Waals surface area contributed by atoms with Crippen molar-refractivity contribution in [2.75, 3.05) is 6.54 Å². The lowest BCUT2D eigenvalue weighted by Crippen LogP contribution is -2.61. The average Bonchev–Trinajstić information content (AvgIpc) is 2.31. The Balaban J connectivity index is 4.18. The first kappa shape index (κ1) is 19.2. The second-order valence-corrected chi connectivity index (χ2v) is 4.77. The summed E-state index contributed by atoms with van der Waals surface area (Å²) in [4.78, 5) is 32.7. The van der Waals surface area contributed by atoms with E-state index >= 15 is 0 Å². The predicted molar refractivity (Wildman–Crippen MR) is 67.4 cm³/mol. The second-order valence-electron chi connectivity index (χ2n) is 4.77. The van der Waals surface area contributed by atoms with Gasteiger partial charge in [0.2, 0.25) is 17.4 Å². The van der Waals surface area contributed by atoms with Crippen LogP contribution in [-0.4, -0.2) is 41.2 Å². The van der Waals surface area contributed by atoms with Crippen molar-refractivity contribution in [3.63, 3.8) is 0 Å². The summed E-state index contributed by atoms with van der Waals surface area (Å²) < 4.78 is 37.9. The molecule has 0 spiro atoms. The van der Waals surface area contributed by atoms with Crippen molar-refractivity contribution in [3.8, 4) is 0 Å². The van der Waals surface area contributed by atoms with E-state index in [1.807, 2.05) is 0 Å². The van der Waals surface area contributed by atoms with Gasteiger partial charge in [-0.25, -0.2) is 4.79 Å². The Morgan fingerprint density at radius 2 is 1.67 bits per heavy atom. The van der Waals surface area contributed by atoms with Crippen LogP contribution in [-0.2, 0) is 14.4 Å². The molecule has 0 fully saturated rings. The molecular formula is C12H19F3N2O4. The molecule has 0 rings (SSSR count). The Labute approximate surface area is 120 Å². The highest BCUT2D eigenvalue weighted by Crippen LogP contribution is 2.30. The van der Waals surface area contributed by atoms with E-state index in [1.165, 1.54) is 12.2 Å². The summed E-state index contributed by atoms with van der Waals surface area (Å²) in [7, 11) is 0. The van der Waals surface area contributed by atoms with Gasteiger partial charge in [-0.15, -0.1) is 0 Å². The Morgan fingerprint density at radius 3 is 2.10 bits per heavy atom. The highest BCUT2D eigenvalue weighted by Gasteiger charge is 2.58. The molecule has 0 aromatic heterocycles. The highest BCUT2D eigenvalue weighted by atomic mass is 19.4. The Kier molecular flexibility index (Phi) is 7.17. The zero-order valence-electron chi connectivity index (χ0n) is 11.8. The molecule has 0 aliphatic rings. The van der Waals surface area contributed by atoms with Gasteiger partial charge in [-0.05, 0) is 19.8 Å². The summed E-state index contributed by atoms with van der Waals surface area (Å²) >= 11 is 0. The van der Waals surface area contributed by atoms with Gasteiger partial charge in [0.25, 0.3) is 0 Å². The molecule has 3 N–H and O–H groups in total. The summed E-state index contributed by atoms with van der Waals surface area (Å²) in [6, 6.07) is 0. The average molecular weight is 312 g/mol. The molecule has 0 heterocycles. The maximum absolute atomic E-state index is 12.6. The van der Waals surface area contributed by atoms with Crippen LogP contribution in [0.3, 0.4) is 0 Å². The number of halogens is 3. The molecular weight excluding hydrogens is 293 g/mol. The molecule has 0 saturated heterocycles. The summed E-state index contributed by atoms with van der Waals surface area (Å²) in [6.07, 6.45) is -3.87. The van der Waals surface area contributed by atoms with Crippen molar-refractivity contribution in [1.29, 1.82) is 0 Å². The van der Waals surface area contributed by atoms with Crippen LogP contribution in [0.4, 0.5) is 13.2 Å². The van der Waals surface area contributed by atoms with Gasteiger partial charge in [0.15, 0.2) is 0 Å². The number of carbonyl (C=O) groups is 3. The second kappa shape index (κ2) is 7.84. The quantitative estimate of drug-likeness (QED) is 0.587. The van der Waals surface area contributed by atoms with Crippen molar-refractivity contribution in [2.24, 2.45) is 0 Å². The summed E-state index contributed by atoms with van der Waals surface area (Å²) in [5, 5.41) is 12.7. The first-order chi connectivity index (χ1) is 9.50. The fraction of sp³-hybridized carbons (Fsp3) is 0.750. The lowest BCUT2D eigenvalue weighted by atomic mass is 10.0. The normalized spacial score (nSPS) is 14.1. The van der Waals surface area contributed by atoms with E-state index in [4.69, 9.17) is 5.11 Å². The number of unbranched alkanes of at least 4 members (excludes halogenated alkanes) is 2. The van der Waals surface area contributed by atoms with E-state index < -0.39 is 23.6 Å². The highest BCUT2D eigenvalue weighted by molar-refractivity contribution is 5.87. The maximum atomic E-state index is 12.6. The van der Waals surface area contributed by atoms with Gasteiger partial charge < -0.3 is 15.7 Å². The lowest BCUT2D eigenvalue weighted by Gasteiger charge is -2.28. The molecule has 0 bridgehead atoms.